The summed E-state index contributed by atoms with van der Waals surface area (Å²) in [6, 6.07) is 19.9. The summed E-state index contributed by atoms with van der Waals surface area (Å²) in [5, 5.41) is 0. The topological polar surface area (TPSA) is 17.1 Å². The standard InChI is InChI=1S/C16H15O/c1-13(17)16(15-10-6-3-7-11-15)12-14-8-4-2-5-9-14/h2-11H,12H2,1H3. The third kappa shape index (κ3) is 3.04. The molecule has 0 aromatic heterocycles. The molecule has 0 saturated heterocycles. The van der Waals surface area contributed by atoms with Crippen LogP contribution in [-0.4, -0.2) is 5.78 Å². The molecule has 2 aromatic carbocycles. The molecule has 2 rings (SSSR count). The van der Waals surface area contributed by atoms with Crippen molar-refractivity contribution >= 4 is 5.78 Å². The molecule has 0 N–H and O–H groups in total. The van der Waals surface area contributed by atoms with E-state index < -0.39 is 0 Å². The van der Waals surface area contributed by atoms with E-state index in [1.165, 1.54) is 5.56 Å². The molecule has 0 spiro atoms. The highest BCUT2D eigenvalue weighted by molar-refractivity contribution is 5.94. The first-order valence-electron chi connectivity index (χ1n) is 5.73. The van der Waals surface area contributed by atoms with Crippen molar-refractivity contribution < 1.29 is 4.79 Å². The largest absolute Gasteiger partial charge is 0.299 e. The maximum absolute atomic E-state index is 11.7. The van der Waals surface area contributed by atoms with Crippen LogP contribution in [0.1, 0.15) is 18.1 Å². The summed E-state index contributed by atoms with van der Waals surface area (Å²) in [5.41, 5.74) is 2.19. The van der Waals surface area contributed by atoms with Crippen LogP contribution in [0.5, 0.6) is 0 Å². The van der Waals surface area contributed by atoms with Crippen LogP contribution in [0, 0.1) is 5.92 Å². The lowest BCUT2D eigenvalue weighted by molar-refractivity contribution is -0.115. The Labute approximate surface area is 102 Å². The second kappa shape index (κ2) is 5.44. The van der Waals surface area contributed by atoms with Crippen molar-refractivity contribution in [2.24, 2.45) is 0 Å². The lowest BCUT2D eigenvalue weighted by atomic mass is 9.89. The molecule has 0 aliphatic carbocycles. The molecule has 2 aromatic rings. The number of carbonyl (C=O) groups is 1. The van der Waals surface area contributed by atoms with Gasteiger partial charge in [-0.15, -0.1) is 0 Å². The lowest BCUT2D eigenvalue weighted by Gasteiger charge is -2.13. The minimum atomic E-state index is 0.139. The number of benzene rings is 2. The van der Waals surface area contributed by atoms with Crippen LogP contribution in [0.4, 0.5) is 0 Å². The van der Waals surface area contributed by atoms with Gasteiger partial charge in [-0.1, -0.05) is 60.7 Å². The van der Waals surface area contributed by atoms with Crippen LogP contribution in [0.3, 0.4) is 0 Å². The van der Waals surface area contributed by atoms with Gasteiger partial charge in [0.15, 0.2) is 0 Å². The normalized spacial score (nSPS) is 10.5. The third-order valence-corrected chi connectivity index (χ3v) is 2.77. The van der Waals surface area contributed by atoms with Gasteiger partial charge < -0.3 is 0 Å². The van der Waals surface area contributed by atoms with Crippen LogP contribution in [0.2, 0.25) is 0 Å². The molecule has 1 radical (unpaired) electrons. The second-order valence-electron chi connectivity index (χ2n) is 4.06. The number of ketones is 1. The van der Waals surface area contributed by atoms with Crippen LogP contribution < -0.4 is 0 Å². The van der Waals surface area contributed by atoms with Crippen molar-refractivity contribution in [3.63, 3.8) is 0 Å². The summed E-state index contributed by atoms with van der Waals surface area (Å²) in [5.74, 6) is 1.01. The van der Waals surface area contributed by atoms with Gasteiger partial charge in [0.2, 0.25) is 0 Å². The molecule has 0 heterocycles. The Bertz CT molecular complexity index is 473. The first-order chi connectivity index (χ1) is 8.27. The molecule has 85 valence electrons. The maximum Gasteiger partial charge on any atom is 0.142 e. The van der Waals surface area contributed by atoms with Crippen molar-refractivity contribution in [1.29, 1.82) is 0 Å². The summed E-state index contributed by atoms with van der Waals surface area (Å²) < 4.78 is 0. The zero-order chi connectivity index (χ0) is 12.1. The molecule has 0 amide bonds. The molecular weight excluding hydrogens is 208 g/mol. The Balaban J connectivity index is 2.23. The average molecular weight is 223 g/mol. The third-order valence-electron chi connectivity index (χ3n) is 2.77. The van der Waals surface area contributed by atoms with E-state index in [0.29, 0.717) is 6.42 Å². The molecule has 0 fully saturated rings. The Kier molecular flexibility index (Phi) is 3.71. The molecule has 0 atom stereocenters. The van der Waals surface area contributed by atoms with E-state index in [0.717, 1.165) is 11.5 Å². The highest BCUT2D eigenvalue weighted by Crippen LogP contribution is 2.20. The van der Waals surface area contributed by atoms with E-state index >= 15 is 0 Å². The Morgan fingerprint density at radius 2 is 1.41 bits per heavy atom. The van der Waals surface area contributed by atoms with Gasteiger partial charge in [-0.05, 0) is 24.5 Å². The van der Waals surface area contributed by atoms with Crippen molar-refractivity contribution in [2.45, 2.75) is 13.3 Å². The Morgan fingerprint density at radius 1 is 0.882 bits per heavy atom. The summed E-state index contributed by atoms with van der Waals surface area (Å²) in [4.78, 5) is 11.7. The predicted molar refractivity (Wildman–Crippen MR) is 69.6 cm³/mol. The van der Waals surface area contributed by atoms with E-state index in [-0.39, 0.29) is 5.78 Å². The van der Waals surface area contributed by atoms with Gasteiger partial charge in [0.25, 0.3) is 0 Å². The highest BCUT2D eigenvalue weighted by Gasteiger charge is 2.17. The van der Waals surface area contributed by atoms with Gasteiger partial charge >= 0.3 is 0 Å². The summed E-state index contributed by atoms with van der Waals surface area (Å²) >= 11 is 0. The maximum atomic E-state index is 11.7. The van der Waals surface area contributed by atoms with Crippen molar-refractivity contribution in [2.75, 3.05) is 0 Å². The predicted octanol–water partition coefficient (Wildman–Crippen LogP) is 3.44. The smallest absolute Gasteiger partial charge is 0.142 e. The minimum absolute atomic E-state index is 0.139. The van der Waals surface area contributed by atoms with E-state index in [4.69, 9.17) is 0 Å². The zero-order valence-corrected chi connectivity index (χ0v) is 9.89. The monoisotopic (exact) mass is 223 g/mol. The second-order valence-corrected chi connectivity index (χ2v) is 4.06. The number of carbonyl (C=O) groups excluding carboxylic acids is 1. The molecule has 0 saturated carbocycles. The van der Waals surface area contributed by atoms with Crippen LogP contribution in [-0.2, 0) is 11.2 Å². The van der Waals surface area contributed by atoms with Gasteiger partial charge in [0.05, 0.1) is 5.92 Å². The lowest BCUT2D eigenvalue weighted by Crippen LogP contribution is -2.12. The molecular formula is C16H15O. The minimum Gasteiger partial charge on any atom is -0.299 e. The van der Waals surface area contributed by atoms with Gasteiger partial charge in [0.1, 0.15) is 5.78 Å². The van der Waals surface area contributed by atoms with Crippen LogP contribution >= 0.6 is 0 Å². The quantitative estimate of drug-likeness (QED) is 0.776. The van der Waals surface area contributed by atoms with Gasteiger partial charge in [0, 0.05) is 0 Å². The Hall–Kier alpha value is -1.89. The van der Waals surface area contributed by atoms with Crippen LogP contribution in [0.25, 0.3) is 0 Å². The summed E-state index contributed by atoms with van der Waals surface area (Å²) in [6.07, 6.45) is 0.695. The van der Waals surface area contributed by atoms with E-state index in [2.05, 4.69) is 0 Å². The molecule has 17 heavy (non-hydrogen) atoms. The molecule has 0 bridgehead atoms. The van der Waals surface area contributed by atoms with Gasteiger partial charge in [-0.3, -0.25) is 4.79 Å². The van der Waals surface area contributed by atoms with Gasteiger partial charge in [-0.25, -0.2) is 0 Å². The molecule has 0 aliphatic rings. The van der Waals surface area contributed by atoms with E-state index in [1.807, 2.05) is 60.7 Å². The molecule has 1 nitrogen and oxygen atoms in total. The van der Waals surface area contributed by atoms with Crippen molar-refractivity contribution in [3.8, 4) is 0 Å². The SMILES string of the molecule is CC(=O)[C](Cc1ccccc1)c1ccccc1. The summed E-state index contributed by atoms with van der Waals surface area (Å²) in [6.45, 7) is 1.63. The fourth-order valence-electron chi connectivity index (χ4n) is 1.87. The summed E-state index contributed by atoms with van der Waals surface area (Å²) in [7, 11) is 0. The average Bonchev–Trinajstić information content (AvgIpc) is 2.38. The fourth-order valence-corrected chi connectivity index (χ4v) is 1.87. The molecule has 1 heteroatoms. The van der Waals surface area contributed by atoms with Gasteiger partial charge in [-0.2, -0.15) is 0 Å². The molecule has 0 unspecified atom stereocenters. The Morgan fingerprint density at radius 3 is 1.94 bits per heavy atom. The van der Waals surface area contributed by atoms with Crippen LogP contribution in [0.15, 0.2) is 60.7 Å². The zero-order valence-electron chi connectivity index (χ0n) is 9.89. The fraction of sp³-hybridized carbons (Fsp3) is 0.125. The van der Waals surface area contributed by atoms with Crippen molar-refractivity contribution in [3.05, 3.63) is 77.7 Å². The van der Waals surface area contributed by atoms with E-state index in [1.54, 1.807) is 6.92 Å². The number of Topliss-reactive ketones (excluding diaryl/α,β-unsaturated/α-hetero) is 1. The molecule has 0 aliphatic heterocycles. The van der Waals surface area contributed by atoms with Crippen molar-refractivity contribution in [1.82, 2.24) is 0 Å². The number of rotatable bonds is 4. The first kappa shape index (κ1) is 11.6. The first-order valence-corrected chi connectivity index (χ1v) is 5.73. The van der Waals surface area contributed by atoms with E-state index in [9.17, 15) is 4.79 Å². The number of hydrogen-bond donors (Lipinski definition) is 0. The highest BCUT2D eigenvalue weighted by atomic mass is 16.1. The number of hydrogen-bond acceptors (Lipinski definition) is 1.